The van der Waals surface area contributed by atoms with E-state index in [-0.39, 0.29) is 36.4 Å². The van der Waals surface area contributed by atoms with E-state index in [0.29, 0.717) is 30.6 Å². The van der Waals surface area contributed by atoms with E-state index >= 15 is 0 Å². The highest BCUT2D eigenvalue weighted by molar-refractivity contribution is 14.0. The van der Waals surface area contributed by atoms with Crippen molar-refractivity contribution in [3.8, 4) is 0 Å². The van der Waals surface area contributed by atoms with Gasteiger partial charge in [0.25, 0.3) is 0 Å². The molecule has 0 unspecified atom stereocenters. The number of carbonyl (C=O) groups is 1. The molecule has 154 valence electrons. The van der Waals surface area contributed by atoms with Crippen LogP contribution < -0.4 is 10.6 Å². The van der Waals surface area contributed by atoms with Gasteiger partial charge >= 0.3 is 0 Å². The molecule has 1 heterocycles. The summed E-state index contributed by atoms with van der Waals surface area (Å²) in [7, 11) is 3.44. The van der Waals surface area contributed by atoms with E-state index in [4.69, 9.17) is 11.6 Å². The Balaban J connectivity index is 0.00000392. The molecule has 1 aromatic heterocycles. The number of aliphatic imine (C=N–C) groups is 1. The summed E-state index contributed by atoms with van der Waals surface area (Å²) in [5.74, 6) is 1.45. The number of hydrogen-bond donors (Lipinski definition) is 2. The zero-order chi connectivity index (χ0) is 19.6. The number of nitrogens with zero attached hydrogens (tertiary/aromatic N) is 5. The highest BCUT2D eigenvalue weighted by atomic mass is 127. The molecule has 0 saturated heterocycles. The van der Waals surface area contributed by atoms with E-state index in [1.807, 2.05) is 35.8 Å². The summed E-state index contributed by atoms with van der Waals surface area (Å²) < 4.78 is 1.99. The normalized spacial score (nSPS) is 10.9. The molecule has 0 fully saturated rings. The van der Waals surface area contributed by atoms with Crippen molar-refractivity contribution in [3.63, 3.8) is 0 Å². The van der Waals surface area contributed by atoms with Crippen molar-refractivity contribution < 1.29 is 4.79 Å². The lowest BCUT2D eigenvalue weighted by Gasteiger charge is -2.15. The van der Waals surface area contributed by atoms with Crippen LogP contribution in [0, 0.1) is 0 Å². The summed E-state index contributed by atoms with van der Waals surface area (Å²) in [6, 6.07) is 7.57. The summed E-state index contributed by atoms with van der Waals surface area (Å²) in [6.07, 6.45) is 2.53. The van der Waals surface area contributed by atoms with E-state index < -0.39 is 0 Å². The molecule has 0 aliphatic rings. The Bertz CT molecular complexity index is 779. The molecule has 2 rings (SSSR count). The van der Waals surface area contributed by atoms with Gasteiger partial charge in [-0.15, -0.1) is 34.2 Å². The van der Waals surface area contributed by atoms with E-state index in [9.17, 15) is 4.79 Å². The largest absolute Gasteiger partial charge is 0.355 e. The molecule has 0 bridgehead atoms. The van der Waals surface area contributed by atoms with E-state index in [2.05, 4.69) is 25.8 Å². The molecule has 1 amide bonds. The zero-order valence-electron chi connectivity index (χ0n) is 16.4. The third kappa shape index (κ3) is 7.63. The van der Waals surface area contributed by atoms with Crippen LogP contribution in [0.25, 0.3) is 0 Å². The van der Waals surface area contributed by atoms with Gasteiger partial charge in [0, 0.05) is 38.6 Å². The van der Waals surface area contributed by atoms with Gasteiger partial charge in [-0.05, 0) is 11.6 Å². The van der Waals surface area contributed by atoms with Crippen LogP contribution in [0.5, 0.6) is 0 Å². The standard InChI is InChI=1S/C18H26ClN7O.HI/c1-4-16-24-23-13-26(16)10-9-20-18(22-12-17(27)25(2)3)21-11-14-7-5-6-8-15(14)19;/h5-8,13H,4,9-12H2,1-3H3,(H2,20,21,22);1H. The van der Waals surface area contributed by atoms with Crippen molar-refractivity contribution in [1.82, 2.24) is 30.3 Å². The Morgan fingerprint density at radius 1 is 1.29 bits per heavy atom. The van der Waals surface area contributed by atoms with Crippen LogP contribution in [-0.4, -0.2) is 58.7 Å². The minimum Gasteiger partial charge on any atom is -0.355 e. The van der Waals surface area contributed by atoms with E-state index in [1.54, 1.807) is 20.4 Å². The van der Waals surface area contributed by atoms with Crippen LogP contribution in [0.4, 0.5) is 0 Å². The number of amides is 1. The zero-order valence-corrected chi connectivity index (χ0v) is 19.4. The van der Waals surface area contributed by atoms with Crippen LogP contribution >= 0.6 is 35.6 Å². The average molecular weight is 520 g/mol. The highest BCUT2D eigenvalue weighted by Gasteiger charge is 2.07. The van der Waals surface area contributed by atoms with Crippen molar-refractivity contribution in [2.75, 3.05) is 27.2 Å². The van der Waals surface area contributed by atoms with E-state index in [1.165, 1.54) is 4.90 Å². The Labute approximate surface area is 187 Å². The molecule has 0 atom stereocenters. The number of guanidine groups is 1. The van der Waals surface area contributed by atoms with Gasteiger partial charge < -0.3 is 20.1 Å². The first kappa shape index (κ1) is 24.2. The monoisotopic (exact) mass is 519 g/mol. The fourth-order valence-electron chi connectivity index (χ4n) is 2.32. The van der Waals surface area contributed by atoms with Crippen molar-refractivity contribution in [1.29, 1.82) is 0 Å². The molecule has 0 radical (unpaired) electrons. The number of carbonyl (C=O) groups excluding carboxylic acids is 1. The van der Waals surface area contributed by atoms with Gasteiger partial charge in [-0.3, -0.25) is 4.79 Å². The first-order valence-corrected chi connectivity index (χ1v) is 9.21. The van der Waals surface area contributed by atoms with Crippen LogP contribution in [-0.2, 0) is 24.3 Å². The van der Waals surface area contributed by atoms with Gasteiger partial charge in [0.1, 0.15) is 12.2 Å². The molecule has 28 heavy (non-hydrogen) atoms. The number of benzene rings is 1. The van der Waals surface area contributed by atoms with Crippen LogP contribution in [0.3, 0.4) is 0 Å². The summed E-state index contributed by atoms with van der Waals surface area (Å²) in [5, 5.41) is 15.0. The van der Waals surface area contributed by atoms with Gasteiger partial charge in [-0.25, -0.2) is 4.99 Å². The number of halogens is 2. The Kier molecular flexibility index (Phi) is 10.8. The Morgan fingerprint density at radius 2 is 2.04 bits per heavy atom. The second kappa shape index (κ2) is 12.6. The second-order valence-corrected chi connectivity index (χ2v) is 6.53. The summed E-state index contributed by atoms with van der Waals surface area (Å²) in [4.78, 5) is 17.9. The van der Waals surface area contributed by atoms with Crippen molar-refractivity contribution in [3.05, 3.63) is 47.0 Å². The van der Waals surface area contributed by atoms with Gasteiger partial charge in [0.05, 0.1) is 13.1 Å². The topological polar surface area (TPSA) is 87.4 Å². The molecular formula is C18H27ClIN7O. The fourth-order valence-corrected chi connectivity index (χ4v) is 2.51. The third-order valence-electron chi connectivity index (χ3n) is 3.93. The number of hydrogen-bond acceptors (Lipinski definition) is 4. The lowest BCUT2D eigenvalue weighted by molar-refractivity contribution is -0.127. The Hall–Kier alpha value is -1.88. The first-order chi connectivity index (χ1) is 13.0. The maximum Gasteiger partial charge on any atom is 0.241 e. The molecule has 0 spiro atoms. The molecule has 0 aliphatic heterocycles. The highest BCUT2D eigenvalue weighted by Crippen LogP contribution is 2.15. The molecule has 1 aromatic carbocycles. The van der Waals surface area contributed by atoms with Crippen molar-refractivity contribution in [2.45, 2.75) is 26.4 Å². The Morgan fingerprint density at radius 3 is 2.71 bits per heavy atom. The molecule has 2 N–H and O–H groups in total. The molecule has 8 nitrogen and oxygen atoms in total. The first-order valence-electron chi connectivity index (χ1n) is 8.83. The third-order valence-corrected chi connectivity index (χ3v) is 4.30. The van der Waals surface area contributed by atoms with Crippen LogP contribution in [0.1, 0.15) is 18.3 Å². The van der Waals surface area contributed by atoms with Gasteiger partial charge in [0.2, 0.25) is 5.91 Å². The summed E-state index contributed by atoms with van der Waals surface area (Å²) in [5.41, 5.74) is 0.922. The van der Waals surface area contributed by atoms with Gasteiger partial charge in [0.15, 0.2) is 5.96 Å². The summed E-state index contributed by atoms with van der Waals surface area (Å²) in [6.45, 7) is 3.94. The number of aromatic nitrogens is 3. The van der Waals surface area contributed by atoms with E-state index in [0.717, 1.165) is 17.8 Å². The van der Waals surface area contributed by atoms with Crippen LogP contribution in [0.15, 0.2) is 35.6 Å². The minimum absolute atomic E-state index is 0. The maximum absolute atomic E-state index is 11.9. The lowest BCUT2D eigenvalue weighted by Crippen LogP contribution is -2.43. The quantitative estimate of drug-likeness (QED) is 0.316. The molecule has 0 aliphatic carbocycles. The number of likely N-dealkylation sites (N-methyl/N-ethyl adjacent to an activating group) is 1. The number of aryl methyl sites for hydroxylation is 1. The molecular weight excluding hydrogens is 493 g/mol. The fraction of sp³-hybridized carbons (Fsp3) is 0.444. The smallest absolute Gasteiger partial charge is 0.241 e. The molecule has 10 heteroatoms. The SMILES string of the molecule is CCc1nncn1CCNC(=NCc1ccccc1Cl)NCC(=O)N(C)C.I. The predicted octanol–water partition coefficient (Wildman–Crippen LogP) is 1.94. The summed E-state index contributed by atoms with van der Waals surface area (Å²) >= 11 is 6.19. The van der Waals surface area contributed by atoms with Gasteiger partial charge in [-0.2, -0.15) is 0 Å². The van der Waals surface area contributed by atoms with Crippen LogP contribution in [0.2, 0.25) is 5.02 Å². The second-order valence-electron chi connectivity index (χ2n) is 6.12. The predicted molar refractivity (Wildman–Crippen MR) is 122 cm³/mol. The number of nitrogens with one attached hydrogen (secondary N) is 2. The molecule has 2 aromatic rings. The van der Waals surface area contributed by atoms with Gasteiger partial charge in [-0.1, -0.05) is 36.7 Å². The number of rotatable bonds is 8. The molecule has 0 saturated carbocycles. The van der Waals surface area contributed by atoms with Crippen molar-refractivity contribution >= 4 is 47.4 Å². The maximum atomic E-state index is 11.9. The lowest BCUT2D eigenvalue weighted by atomic mass is 10.2. The van der Waals surface area contributed by atoms with Crippen molar-refractivity contribution in [2.24, 2.45) is 4.99 Å². The minimum atomic E-state index is -0.0330. The average Bonchev–Trinajstić information content (AvgIpc) is 3.11.